The lowest BCUT2D eigenvalue weighted by Gasteiger charge is -2.02. The zero-order valence-corrected chi connectivity index (χ0v) is 10.7. The smallest absolute Gasteiger partial charge is 0.356 e. The van der Waals surface area contributed by atoms with Crippen LogP contribution in [-0.4, -0.2) is 22.4 Å². The number of aryl methyl sites for hydroxylation is 1. The maximum atomic E-state index is 11.7. The van der Waals surface area contributed by atoms with E-state index in [9.17, 15) is 4.79 Å². The molecule has 0 N–H and O–H groups in total. The van der Waals surface area contributed by atoms with Crippen LogP contribution in [0.1, 0.15) is 24.3 Å². The molecular weight excluding hydrogens is 236 g/mol. The Hall–Kier alpha value is -1.62. The van der Waals surface area contributed by atoms with E-state index in [1.165, 1.54) is 0 Å². The van der Waals surface area contributed by atoms with E-state index in [-0.39, 0.29) is 5.97 Å². The Labute approximate surface area is 104 Å². The van der Waals surface area contributed by atoms with Gasteiger partial charge < -0.3 is 4.74 Å². The van der Waals surface area contributed by atoms with Crippen molar-refractivity contribution in [1.82, 2.24) is 9.78 Å². The minimum absolute atomic E-state index is 0.316. The highest BCUT2D eigenvalue weighted by molar-refractivity contribution is 7.08. The summed E-state index contributed by atoms with van der Waals surface area (Å²) < 4.78 is 6.68. The van der Waals surface area contributed by atoms with Crippen molar-refractivity contribution in [2.24, 2.45) is 0 Å². The van der Waals surface area contributed by atoms with Crippen LogP contribution in [0.15, 0.2) is 22.9 Å². The van der Waals surface area contributed by atoms with Crippen molar-refractivity contribution in [1.29, 1.82) is 0 Å². The summed E-state index contributed by atoms with van der Waals surface area (Å²) >= 11 is 1.61. The molecule has 0 radical (unpaired) electrons. The fraction of sp³-hybridized carbons (Fsp3) is 0.333. The second-order valence-electron chi connectivity index (χ2n) is 3.46. The molecule has 90 valence electrons. The third kappa shape index (κ3) is 2.39. The van der Waals surface area contributed by atoms with Crippen molar-refractivity contribution < 1.29 is 9.53 Å². The van der Waals surface area contributed by atoms with Crippen LogP contribution >= 0.6 is 11.3 Å². The van der Waals surface area contributed by atoms with Crippen LogP contribution in [0.25, 0.3) is 11.3 Å². The van der Waals surface area contributed by atoms with E-state index in [0.717, 1.165) is 11.3 Å². The second-order valence-corrected chi connectivity index (χ2v) is 4.24. The molecule has 5 heteroatoms. The van der Waals surface area contributed by atoms with Crippen LogP contribution in [0, 0.1) is 0 Å². The highest BCUT2D eigenvalue weighted by Crippen LogP contribution is 2.22. The minimum atomic E-state index is -0.316. The largest absolute Gasteiger partial charge is 0.461 e. The first-order valence-corrected chi connectivity index (χ1v) is 6.48. The summed E-state index contributed by atoms with van der Waals surface area (Å²) in [5.41, 5.74) is 2.36. The molecule has 0 atom stereocenters. The molecule has 0 saturated carbocycles. The zero-order chi connectivity index (χ0) is 12.3. The van der Waals surface area contributed by atoms with Crippen LogP contribution in [-0.2, 0) is 11.3 Å². The molecule has 17 heavy (non-hydrogen) atoms. The molecule has 0 saturated heterocycles. The summed E-state index contributed by atoms with van der Waals surface area (Å²) in [5, 5.41) is 8.40. The number of aromatic nitrogens is 2. The third-order valence-corrected chi connectivity index (χ3v) is 3.06. The van der Waals surface area contributed by atoms with Crippen LogP contribution in [0.5, 0.6) is 0 Å². The molecule has 0 bridgehead atoms. The van der Waals surface area contributed by atoms with E-state index < -0.39 is 0 Å². The molecule has 0 unspecified atom stereocenters. The van der Waals surface area contributed by atoms with Crippen LogP contribution in [0.3, 0.4) is 0 Å². The first-order valence-electron chi connectivity index (χ1n) is 5.53. The van der Waals surface area contributed by atoms with Gasteiger partial charge in [0.05, 0.1) is 12.3 Å². The first-order chi connectivity index (χ1) is 8.26. The lowest BCUT2D eigenvalue weighted by Crippen LogP contribution is -2.12. The Bertz CT molecular complexity index is 503. The number of thiophene rings is 1. The van der Waals surface area contributed by atoms with E-state index in [1.54, 1.807) is 29.0 Å². The highest BCUT2D eigenvalue weighted by Gasteiger charge is 2.16. The van der Waals surface area contributed by atoms with Gasteiger partial charge in [0, 0.05) is 17.5 Å². The Morgan fingerprint density at radius 2 is 2.35 bits per heavy atom. The molecule has 4 nitrogen and oxygen atoms in total. The number of rotatable bonds is 4. The Morgan fingerprint density at radius 3 is 2.94 bits per heavy atom. The molecule has 0 aliphatic carbocycles. The Balaban J connectivity index is 2.36. The van der Waals surface area contributed by atoms with E-state index >= 15 is 0 Å². The topological polar surface area (TPSA) is 44.1 Å². The summed E-state index contributed by atoms with van der Waals surface area (Å²) in [6, 6.07) is 3.77. The molecular formula is C12H14N2O2S. The Morgan fingerprint density at radius 1 is 1.53 bits per heavy atom. The summed E-state index contributed by atoms with van der Waals surface area (Å²) in [6.45, 7) is 4.78. The predicted octanol–water partition coefficient (Wildman–Crippen LogP) is 2.81. The molecule has 0 aliphatic heterocycles. The molecule has 0 aromatic carbocycles. The molecule has 2 heterocycles. The van der Waals surface area contributed by atoms with Gasteiger partial charge in [-0.15, -0.1) is 0 Å². The monoisotopic (exact) mass is 250 g/mol. The van der Waals surface area contributed by atoms with Gasteiger partial charge in [0.2, 0.25) is 0 Å². The van der Waals surface area contributed by atoms with Gasteiger partial charge in [0.25, 0.3) is 0 Å². The van der Waals surface area contributed by atoms with Crippen molar-refractivity contribution in [3.63, 3.8) is 0 Å². The van der Waals surface area contributed by atoms with Crippen molar-refractivity contribution >= 4 is 17.3 Å². The van der Waals surface area contributed by atoms with Gasteiger partial charge in [-0.05, 0) is 31.4 Å². The summed E-state index contributed by atoms with van der Waals surface area (Å²) in [6.07, 6.45) is 0. The number of ether oxygens (including phenoxy) is 1. The number of esters is 1. The normalized spacial score (nSPS) is 10.5. The molecule has 0 aliphatic rings. The summed E-state index contributed by atoms with van der Waals surface area (Å²) in [5.74, 6) is -0.316. The number of hydrogen-bond donors (Lipinski definition) is 0. The van der Waals surface area contributed by atoms with Crippen molar-refractivity contribution in [2.75, 3.05) is 6.61 Å². The van der Waals surface area contributed by atoms with Gasteiger partial charge in [-0.3, -0.25) is 4.68 Å². The maximum absolute atomic E-state index is 11.7. The molecule has 2 rings (SSSR count). The average Bonchev–Trinajstić information content (AvgIpc) is 2.97. The van der Waals surface area contributed by atoms with E-state index in [0.29, 0.717) is 18.8 Å². The fourth-order valence-electron chi connectivity index (χ4n) is 1.58. The number of hydrogen-bond acceptors (Lipinski definition) is 4. The third-order valence-electron chi connectivity index (χ3n) is 2.38. The summed E-state index contributed by atoms with van der Waals surface area (Å²) in [7, 11) is 0. The van der Waals surface area contributed by atoms with E-state index in [2.05, 4.69) is 5.10 Å². The lowest BCUT2D eigenvalue weighted by molar-refractivity contribution is 0.0512. The van der Waals surface area contributed by atoms with E-state index in [1.807, 2.05) is 23.8 Å². The van der Waals surface area contributed by atoms with Crippen LogP contribution in [0.4, 0.5) is 0 Å². The molecule has 2 aromatic heterocycles. The molecule has 0 spiro atoms. The predicted molar refractivity (Wildman–Crippen MR) is 67.2 cm³/mol. The first kappa shape index (κ1) is 11.9. The van der Waals surface area contributed by atoms with Gasteiger partial charge in [-0.2, -0.15) is 16.4 Å². The van der Waals surface area contributed by atoms with Gasteiger partial charge in [0.15, 0.2) is 0 Å². The minimum Gasteiger partial charge on any atom is -0.461 e. The lowest BCUT2D eigenvalue weighted by atomic mass is 10.2. The zero-order valence-electron chi connectivity index (χ0n) is 9.84. The van der Waals surface area contributed by atoms with Gasteiger partial charge in [-0.25, -0.2) is 4.79 Å². The standard InChI is InChI=1S/C12H14N2O2S/c1-3-14-11(12(15)16-4-2)7-10(13-14)9-5-6-17-8-9/h5-8H,3-4H2,1-2H3. The molecule has 0 amide bonds. The van der Waals surface area contributed by atoms with Crippen LogP contribution in [0.2, 0.25) is 0 Å². The molecule has 2 aromatic rings. The fourth-order valence-corrected chi connectivity index (χ4v) is 2.23. The van der Waals surface area contributed by atoms with Crippen molar-refractivity contribution in [2.45, 2.75) is 20.4 Å². The number of carbonyl (C=O) groups excluding carboxylic acids is 1. The van der Waals surface area contributed by atoms with Crippen molar-refractivity contribution in [3.8, 4) is 11.3 Å². The highest BCUT2D eigenvalue weighted by atomic mass is 32.1. The van der Waals surface area contributed by atoms with Crippen LogP contribution < -0.4 is 0 Å². The number of nitrogens with zero attached hydrogens (tertiary/aromatic N) is 2. The van der Waals surface area contributed by atoms with E-state index in [4.69, 9.17) is 4.74 Å². The van der Waals surface area contributed by atoms with Crippen molar-refractivity contribution in [3.05, 3.63) is 28.6 Å². The quantitative estimate of drug-likeness (QED) is 0.784. The van der Waals surface area contributed by atoms with Gasteiger partial charge in [0.1, 0.15) is 5.69 Å². The summed E-state index contributed by atoms with van der Waals surface area (Å²) in [4.78, 5) is 11.7. The second kappa shape index (κ2) is 5.14. The number of carbonyl (C=O) groups is 1. The SMILES string of the molecule is CCOC(=O)c1cc(-c2ccsc2)nn1CC. The Kier molecular flexibility index (Phi) is 3.58. The maximum Gasteiger partial charge on any atom is 0.356 e. The average molecular weight is 250 g/mol. The van der Waals surface area contributed by atoms with Gasteiger partial charge >= 0.3 is 5.97 Å². The van der Waals surface area contributed by atoms with Gasteiger partial charge in [-0.1, -0.05) is 0 Å². The molecule has 0 fully saturated rings.